The monoisotopic (exact) mass is 267 g/mol. The summed E-state index contributed by atoms with van der Waals surface area (Å²) in [6, 6.07) is 0. The Labute approximate surface area is 115 Å². The summed E-state index contributed by atoms with van der Waals surface area (Å²) in [5, 5.41) is 0. The van der Waals surface area contributed by atoms with E-state index < -0.39 is 0 Å². The van der Waals surface area contributed by atoms with Crippen molar-refractivity contribution in [3.63, 3.8) is 0 Å². The summed E-state index contributed by atoms with van der Waals surface area (Å²) in [5.74, 6) is 0. The molecule has 0 spiro atoms. The number of rotatable bonds is 7. The summed E-state index contributed by atoms with van der Waals surface area (Å²) in [7, 11) is 0. The van der Waals surface area contributed by atoms with Gasteiger partial charge in [0, 0.05) is 18.6 Å². The van der Waals surface area contributed by atoms with E-state index in [9.17, 15) is 0 Å². The van der Waals surface area contributed by atoms with Gasteiger partial charge in [0.25, 0.3) is 0 Å². The minimum absolute atomic E-state index is 0.372. The summed E-state index contributed by atoms with van der Waals surface area (Å²) >= 11 is 0. The third-order valence-electron chi connectivity index (χ3n) is 5.12. The van der Waals surface area contributed by atoms with Crippen LogP contribution in [0.5, 0.6) is 0 Å². The third-order valence-corrected chi connectivity index (χ3v) is 5.12. The van der Waals surface area contributed by atoms with Crippen LogP contribution < -0.4 is 0 Å². The van der Waals surface area contributed by atoms with E-state index in [1.165, 1.54) is 38.5 Å². The van der Waals surface area contributed by atoms with E-state index in [1.54, 1.807) is 0 Å². The number of ether oxygens (including phenoxy) is 3. The molecule has 4 heteroatoms. The highest BCUT2D eigenvalue weighted by Crippen LogP contribution is 2.41. The van der Waals surface area contributed by atoms with Crippen LogP contribution in [-0.2, 0) is 14.2 Å². The summed E-state index contributed by atoms with van der Waals surface area (Å²) < 4.78 is 16.5. The zero-order valence-corrected chi connectivity index (χ0v) is 11.7. The lowest BCUT2D eigenvalue weighted by atomic mass is 9.76. The molecule has 0 radical (unpaired) electrons. The highest BCUT2D eigenvalue weighted by Gasteiger charge is 2.46. The second-order valence-electron chi connectivity index (χ2n) is 6.76. The van der Waals surface area contributed by atoms with E-state index in [2.05, 4.69) is 4.90 Å². The van der Waals surface area contributed by atoms with Gasteiger partial charge in [-0.1, -0.05) is 19.3 Å². The van der Waals surface area contributed by atoms with Crippen molar-refractivity contribution in [1.29, 1.82) is 0 Å². The molecule has 4 nitrogen and oxygen atoms in total. The second-order valence-corrected chi connectivity index (χ2v) is 6.76. The van der Waals surface area contributed by atoms with Crippen LogP contribution in [0.3, 0.4) is 0 Å². The molecule has 4 rings (SSSR count). The number of nitrogens with zero attached hydrogens (tertiary/aromatic N) is 1. The molecule has 3 unspecified atom stereocenters. The molecule has 0 aromatic heterocycles. The Balaban J connectivity index is 1.49. The molecule has 3 aliphatic heterocycles. The molecule has 1 saturated carbocycles. The van der Waals surface area contributed by atoms with Crippen LogP contribution in [0.1, 0.15) is 38.5 Å². The average molecular weight is 267 g/mol. The van der Waals surface area contributed by atoms with E-state index in [4.69, 9.17) is 14.2 Å². The molecule has 4 fully saturated rings. The first-order valence-corrected chi connectivity index (χ1v) is 7.94. The molecule has 0 aromatic rings. The predicted octanol–water partition coefficient (Wildman–Crippen LogP) is 1.58. The van der Waals surface area contributed by atoms with Crippen molar-refractivity contribution >= 4 is 0 Å². The Morgan fingerprint density at radius 1 is 0.789 bits per heavy atom. The second kappa shape index (κ2) is 4.99. The SMILES string of the molecule is C1CCC(CC2CO2)(N(CC2CO2)CC2CO2)CC1. The molecular weight excluding hydrogens is 242 g/mol. The van der Waals surface area contributed by atoms with Crippen molar-refractivity contribution < 1.29 is 14.2 Å². The molecule has 3 heterocycles. The Kier molecular flexibility index (Phi) is 3.30. The van der Waals surface area contributed by atoms with Crippen LogP contribution in [-0.4, -0.2) is 61.7 Å². The molecule has 3 atom stereocenters. The Morgan fingerprint density at radius 3 is 1.79 bits per heavy atom. The van der Waals surface area contributed by atoms with Gasteiger partial charge in [-0.05, 0) is 19.3 Å². The standard InChI is InChI=1S/C15H25NO3/c1-2-4-15(5-3-1,6-12-9-17-12)16(7-13-10-18-13)8-14-11-19-14/h12-14H,1-11H2. The fourth-order valence-corrected chi connectivity index (χ4v) is 3.77. The van der Waals surface area contributed by atoms with Crippen molar-refractivity contribution in [2.45, 2.75) is 62.4 Å². The Hall–Kier alpha value is -0.160. The number of hydrogen-bond acceptors (Lipinski definition) is 4. The van der Waals surface area contributed by atoms with Gasteiger partial charge in [-0.25, -0.2) is 0 Å². The lowest BCUT2D eigenvalue weighted by molar-refractivity contribution is 0.0246. The van der Waals surface area contributed by atoms with Crippen molar-refractivity contribution in [2.75, 3.05) is 32.9 Å². The maximum absolute atomic E-state index is 5.54. The van der Waals surface area contributed by atoms with Gasteiger partial charge >= 0.3 is 0 Å². The van der Waals surface area contributed by atoms with E-state index in [0.29, 0.717) is 23.9 Å². The quantitative estimate of drug-likeness (QED) is 0.657. The molecule has 1 aliphatic carbocycles. The lowest BCUT2D eigenvalue weighted by Crippen LogP contribution is -2.53. The van der Waals surface area contributed by atoms with Crippen LogP contribution in [0.25, 0.3) is 0 Å². The van der Waals surface area contributed by atoms with Crippen LogP contribution in [0.15, 0.2) is 0 Å². The topological polar surface area (TPSA) is 40.8 Å². The van der Waals surface area contributed by atoms with E-state index in [1.807, 2.05) is 0 Å². The Bertz CT molecular complexity index is 303. The first-order chi connectivity index (χ1) is 9.34. The highest BCUT2D eigenvalue weighted by atomic mass is 16.6. The van der Waals surface area contributed by atoms with Crippen molar-refractivity contribution in [3.8, 4) is 0 Å². The maximum Gasteiger partial charge on any atom is 0.0936 e. The van der Waals surface area contributed by atoms with Gasteiger partial charge in [0.2, 0.25) is 0 Å². The van der Waals surface area contributed by atoms with Crippen LogP contribution in [0.2, 0.25) is 0 Å². The smallest absolute Gasteiger partial charge is 0.0936 e. The van der Waals surface area contributed by atoms with Gasteiger partial charge in [0.1, 0.15) is 0 Å². The minimum atomic E-state index is 0.372. The summed E-state index contributed by atoms with van der Waals surface area (Å²) in [4.78, 5) is 2.71. The number of hydrogen-bond donors (Lipinski definition) is 0. The maximum atomic E-state index is 5.54. The van der Waals surface area contributed by atoms with Crippen molar-refractivity contribution in [1.82, 2.24) is 4.90 Å². The molecule has 19 heavy (non-hydrogen) atoms. The largest absolute Gasteiger partial charge is 0.373 e. The predicted molar refractivity (Wildman–Crippen MR) is 71.2 cm³/mol. The summed E-state index contributed by atoms with van der Waals surface area (Å²) in [6.07, 6.45) is 9.56. The molecule has 4 aliphatic rings. The molecule has 0 aromatic carbocycles. The zero-order valence-electron chi connectivity index (χ0n) is 11.7. The highest BCUT2D eigenvalue weighted by molar-refractivity contribution is 5.00. The molecule has 0 bridgehead atoms. The summed E-state index contributed by atoms with van der Waals surface area (Å²) in [5.41, 5.74) is 0.372. The molecular formula is C15H25NO3. The van der Waals surface area contributed by atoms with Crippen LogP contribution in [0, 0.1) is 0 Å². The van der Waals surface area contributed by atoms with E-state index in [-0.39, 0.29) is 0 Å². The van der Waals surface area contributed by atoms with E-state index in [0.717, 1.165) is 32.9 Å². The van der Waals surface area contributed by atoms with Gasteiger partial charge in [0.05, 0.1) is 38.1 Å². The first-order valence-electron chi connectivity index (χ1n) is 7.94. The number of epoxide rings is 3. The van der Waals surface area contributed by atoms with Crippen LogP contribution in [0.4, 0.5) is 0 Å². The van der Waals surface area contributed by atoms with Crippen molar-refractivity contribution in [3.05, 3.63) is 0 Å². The molecule has 108 valence electrons. The molecule has 0 amide bonds. The fraction of sp³-hybridized carbons (Fsp3) is 1.00. The fourth-order valence-electron chi connectivity index (χ4n) is 3.77. The summed E-state index contributed by atoms with van der Waals surface area (Å²) in [6.45, 7) is 5.10. The first kappa shape index (κ1) is 12.6. The van der Waals surface area contributed by atoms with Crippen LogP contribution >= 0.6 is 0 Å². The van der Waals surface area contributed by atoms with Gasteiger partial charge < -0.3 is 14.2 Å². The van der Waals surface area contributed by atoms with Crippen molar-refractivity contribution in [2.24, 2.45) is 0 Å². The zero-order chi connectivity index (χ0) is 12.7. The average Bonchev–Trinajstić information content (AvgIpc) is 3.23. The van der Waals surface area contributed by atoms with Gasteiger partial charge in [-0.15, -0.1) is 0 Å². The minimum Gasteiger partial charge on any atom is -0.373 e. The molecule has 0 N–H and O–H groups in total. The Morgan fingerprint density at radius 2 is 1.32 bits per heavy atom. The normalized spacial score (nSPS) is 39.3. The molecule has 3 saturated heterocycles. The van der Waals surface area contributed by atoms with Gasteiger partial charge in [-0.3, -0.25) is 4.90 Å². The van der Waals surface area contributed by atoms with Gasteiger partial charge in [-0.2, -0.15) is 0 Å². The van der Waals surface area contributed by atoms with E-state index >= 15 is 0 Å². The lowest BCUT2D eigenvalue weighted by Gasteiger charge is -2.46. The third kappa shape index (κ3) is 3.13. The van der Waals surface area contributed by atoms with Gasteiger partial charge in [0.15, 0.2) is 0 Å².